The van der Waals surface area contributed by atoms with Gasteiger partial charge in [0, 0.05) is 18.1 Å². The van der Waals surface area contributed by atoms with Gasteiger partial charge >= 0.3 is 0 Å². The summed E-state index contributed by atoms with van der Waals surface area (Å²) in [5, 5.41) is 2.28. The van der Waals surface area contributed by atoms with Crippen molar-refractivity contribution in [3.63, 3.8) is 0 Å². The van der Waals surface area contributed by atoms with Gasteiger partial charge in [-0.1, -0.05) is 0 Å². The Bertz CT molecular complexity index is 176. The molecule has 2 nitrogen and oxygen atoms in total. The van der Waals surface area contributed by atoms with E-state index in [9.17, 15) is 0 Å². The van der Waals surface area contributed by atoms with Crippen molar-refractivity contribution in [1.29, 1.82) is 0 Å². The lowest BCUT2D eigenvalue weighted by Crippen LogP contribution is -1.99. The van der Waals surface area contributed by atoms with Crippen molar-refractivity contribution in [1.82, 2.24) is 0 Å². The van der Waals surface area contributed by atoms with E-state index >= 15 is 0 Å². The number of rotatable bonds is 1. The number of thioether (sulfide) groups is 2. The van der Waals surface area contributed by atoms with Gasteiger partial charge in [0.2, 0.25) is 0 Å². The molecule has 0 aromatic rings. The zero-order chi connectivity index (χ0) is 6.81. The number of nitrogens with zero attached hydrogens (tertiary/aromatic N) is 2. The van der Waals surface area contributed by atoms with Gasteiger partial charge in [-0.2, -0.15) is 0 Å². The SMILES string of the molecule is [CH]1CSC(C2=NCCS2)=N1. The van der Waals surface area contributed by atoms with Crippen LogP contribution in [0.5, 0.6) is 0 Å². The first-order valence-corrected chi connectivity index (χ1v) is 5.14. The number of aliphatic imine (C=N–C) groups is 2. The molecule has 2 aliphatic rings. The highest BCUT2D eigenvalue weighted by molar-refractivity contribution is 8.25. The molecule has 1 radical (unpaired) electrons. The minimum atomic E-state index is 0.972. The van der Waals surface area contributed by atoms with Crippen LogP contribution in [0.15, 0.2) is 9.98 Å². The highest BCUT2D eigenvalue weighted by atomic mass is 32.2. The van der Waals surface area contributed by atoms with Crippen LogP contribution >= 0.6 is 23.5 Å². The van der Waals surface area contributed by atoms with Crippen LogP contribution in [0.1, 0.15) is 0 Å². The van der Waals surface area contributed by atoms with Crippen molar-refractivity contribution in [3.05, 3.63) is 6.54 Å². The first-order chi connectivity index (χ1) is 4.97. The molecule has 53 valence electrons. The van der Waals surface area contributed by atoms with Crippen molar-refractivity contribution < 1.29 is 0 Å². The molecule has 0 spiro atoms. The van der Waals surface area contributed by atoms with Crippen LogP contribution in [-0.4, -0.2) is 28.1 Å². The minimum absolute atomic E-state index is 0.972. The van der Waals surface area contributed by atoms with E-state index in [4.69, 9.17) is 0 Å². The Morgan fingerprint density at radius 1 is 1.30 bits per heavy atom. The molecule has 0 aromatic heterocycles. The van der Waals surface area contributed by atoms with Crippen LogP contribution in [0, 0.1) is 6.54 Å². The van der Waals surface area contributed by atoms with Crippen molar-refractivity contribution in [2.24, 2.45) is 9.98 Å². The zero-order valence-corrected chi connectivity index (χ0v) is 7.04. The van der Waals surface area contributed by atoms with E-state index in [1.54, 1.807) is 11.8 Å². The van der Waals surface area contributed by atoms with E-state index in [1.807, 2.05) is 18.3 Å². The van der Waals surface area contributed by atoms with Crippen LogP contribution in [-0.2, 0) is 0 Å². The second kappa shape index (κ2) is 2.96. The average molecular weight is 171 g/mol. The highest BCUT2D eigenvalue weighted by Gasteiger charge is 2.17. The van der Waals surface area contributed by atoms with Crippen molar-refractivity contribution >= 4 is 33.6 Å². The zero-order valence-electron chi connectivity index (χ0n) is 5.41. The van der Waals surface area contributed by atoms with E-state index in [2.05, 4.69) is 9.98 Å². The average Bonchev–Trinajstić information content (AvgIpc) is 2.59. The topological polar surface area (TPSA) is 24.7 Å². The summed E-state index contributed by atoms with van der Waals surface area (Å²) in [5.74, 6) is 2.16. The Balaban J connectivity index is 2.10. The number of hydrogen-bond acceptors (Lipinski definition) is 4. The summed E-state index contributed by atoms with van der Waals surface area (Å²) in [4.78, 5) is 8.55. The molecule has 4 heteroatoms. The van der Waals surface area contributed by atoms with E-state index in [0.29, 0.717) is 0 Å². The van der Waals surface area contributed by atoms with Gasteiger partial charge in [0.1, 0.15) is 10.1 Å². The molecule has 10 heavy (non-hydrogen) atoms. The Hall–Kier alpha value is 0.0400. The molecule has 0 amide bonds. The third-order valence-electron chi connectivity index (χ3n) is 1.27. The Morgan fingerprint density at radius 2 is 2.30 bits per heavy atom. The molecular formula is C6H7N2S2. The van der Waals surface area contributed by atoms with Crippen molar-refractivity contribution in [2.75, 3.05) is 18.1 Å². The maximum atomic E-state index is 4.33. The molecule has 2 heterocycles. The van der Waals surface area contributed by atoms with Gasteiger partial charge in [0.15, 0.2) is 0 Å². The molecule has 0 unspecified atom stereocenters. The van der Waals surface area contributed by atoms with Gasteiger partial charge in [0.05, 0.1) is 6.54 Å². The molecule has 0 bridgehead atoms. The minimum Gasteiger partial charge on any atom is -0.275 e. The number of hydrogen-bond donors (Lipinski definition) is 0. The molecule has 0 saturated carbocycles. The van der Waals surface area contributed by atoms with Crippen LogP contribution in [0.2, 0.25) is 0 Å². The van der Waals surface area contributed by atoms with E-state index in [0.717, 1.165) is 28.1 Å². The van der Waals surface area contributed by atoms with Crippen molar-refractivity contribution in [2.45, 2.75) is 0 Å². The fourth-order valence-corrected chi connectivity index (χ4v) is 2.59. The standard InChI is InChI=1S/C6H7N2S2/c1-3-9-5(7-1)6-8-2-4-10-6/h1H,2-4H2. The lowest BCUT2D eigenvalue weighted by atomic mass is 10.7. The maximum absolute atomic E-state index is 4.33. The molecule has 2 rings (SSSR count). The molecule has 0 saturated heterocycles. The first kappa shape index (κ1) is 6.73. The van der Waals surface area contributed by atoms with Crippen LogP contribution in [0.4, 0.5) is 0 Å². The monoisotopic (exact) mass is 171 g/mol. The third kappa shape index (κ3) is 1.22. The second-order valence-corrected chi connectivity index (χ2v) is 4.06. The maximum Gasteiger partial charge on any atom is 0.123 e. The Morgan fingerprint density at radius 3 is 2.90 bits per heavy atom. The fraction of sp³-hybridized carbons (Fsp3) is 0.500. The summed E-state index contributed by atoms with van der Waals surface area (Å²) in [6.07, 6.45) is 0. The third-order valence-corrected chi connectivity index (χ3v) is 3.27. The molecule has 0 atom stereocenters. The Labute approximate surface area is 68.6 Å². The van der Waals surface area contributed by atoms with Gasteiger partial charge < -0.3 is 0 Å². The van der Waals surface area contributed by atoms with Crippen molar-refractivity contribution in [3.8, 4) is 0 Å². The van der Waals surface area contributed by atoms with Crippen LogP contribution in [0.3, 0.4) is 0 Å². The second-order valence-electron chi connectivity index (χ2n) is 1.96. The van der Waals surface area contributed by atoms with Gasteiger partial charge in [-0.15, -0.1) is 23.5 Å². The summed E-state index contributed by atoms with van der Waals surface area (Å²) in [6, 6.07) is 0. The van der Waals surface area contributed by atoms with Crippen LogP contribution in [0.25, 0.3) is 0 Å². The lowest BCUT2D eigenvalue weighted by Gasteiger charge is -1.93. The Kier molecular flexibility index (Phi) is 2.00. The largest absolute Gasteiger partial charge is 0.275 e. The predicted octanol–water partition coefficient (Wildman–Crippen LogP) is 1.44. The van der Waals surface area contributed by atoms with Gasteiger partial charge in [-0.05, 0) is 0 Å². The summed E-state index contributed by atoms with van der Waals surface area (Å²) >= 11 is 3.60. The quantitative estimate of drug-likeness (QED) is 0.596. The molecule has 0 fully saturated rings. The smallest absolute Gasteiger partial charge is 0.123 e. The normalized spacial score (nSPS) is 24.8. The first-order valence-electron chi connectivity index (χ1n) is 3.17. The lowest BCUT2D eigenvalue weighted by molar-refractivity contribution is 1.18. The molecule has 0 N–H and O–H groups in total. The van der Waals surface area contributed by atoms with E-state index in [1.165, 1.54) is 0 Å². The fourth-order valence-electron chi connectivity index (χ4n) is 0.855. The summed E-state index contributed by atoms with van der Waals surface area (Å²) in [7, 11) is 0. The van der Waals surface area contributed by atoms with E-state index in [-0.39, 0.29) is 0 Å². The summed E-state index contributed by atoms with van der Waals surface area (Å²) in [5.41, 5.74) is 0. The van der Waals surface area contributed by atoms with E-state index < -0.39 is 0 Å². The molecule has 0 aromatic carbocycles. The van der Waals surface area contributed by atoms with Gasteiger partial charge in [-0.3, -0.25) is 9.98 Å². The predicted molar refractivity (Wildman–Crippen MR) is 49.0 cm³/mol. The van der Waals surface area contributed by atoms with Gasteiger partial charge in [-0.25, -0.2) is 0 Å². The van der Waals surface area contributed by atoms with Gasteiger partial charge in [0.25, 0.3) is 0 Å². The molecular weight excluding hydrogens is 164 g/mol. The highest BCUT2D eigenvalue weighted by Crippen LogP contribution is 2.23. The molecule has 2 aliphatic heterocycles. The molecule has 0 aliphatic carbocycles. The summed E-state index contributed by atoms with van der Waals surface area (Å²) in [6.45, 7) is 2.92. The summed E-state index contributed by atoms with van der Waals surface area (Å²) < 4.78 is 0. The van der Waals surface area contributed by atoms with Crippen LogP contribution < -0.4 is 0 Å².